The standard InChI is InChI=1S/C16H19F3N2O.C14H19NO.C6H12O.2C3H8.C2H5NO.C2H6S.C2H6/c1-5-22-12-7-14(16(17,18)19)15(21-9-12)13(6-10(2)3)11(4)8-20;1-4-8-15-10-12-6-7-14(11(3)16)13(5-2)9-12;1-6(2)4-3-5-7;2*1-3-2;1-3-2-4;1-3-2;1-2/h6-9,20H,5H2,1-4H3;4,6-9,15H,5,10H2,1-3H3;5-6H,3-4H2,1-2H3;2*3H2,1-2H3;2H,1H3,(H,3,4);1-2H3;1-2H3/b13-11-,20-8?;;;;;;;. The molecule has 60 heavy (non-hydrogen) atoms. The van der Waals surface area contributed by atoms with E-state index in [1.54, 1.807) is 59.5 Å². The van der Waals surface area contributed by atoms with E-state index in [0.717, 1.165) is 61.1 Å². The van der Waals surface area contributed by atoms with Crippen molar-refractivity contribution in [2.24, 2.45) is 5.92 Å². The molecule has 346 valence electrons. The van der Waals surface area contributed by atoms with Crippen molar-refractivity contribution in [1.82, 2.24) is 15.6 Å². The largest absolute Gasteiger partial charge is 0.492 e. The molecule has 1 heterocycles. The zero-order valence-corrected chi connectivity index (χ0v) is 41.3. The molecule has 2 rings (SSSR count). The van der Waals surface area contributed by atoms with Gasteiger partial charge in [0.1, 0.15) is 12.0 Å². The normalized spacial score (nSPS) is 9.90. The highest BCUT2D eigenvalue weighted by Gasteiger charge is 2.35. The van der Waals surface area contributed by atoms with Crippen LogP contribution < -0.4 is 15.4 Å². The first-order chi connectivity index (χ1) is 28.3. The number of halogens is 3. The summed E-state index contributed by atoms with van der Waals surface area (Å²) in [5.41, 5.74) is 3.63. The first-order valence-electron chi connectivity index (χ1n) is 20.8. The summed E-state index contributed by atoms with van der Waals surface area (Å²) in [5, 5.41) is 12.8. The number of nitrogens with zero attached hydrogens (tertiary/aromatic N) is 1. The quantitative estimate of drug-likeness (QED) is 0.0748. The van der Waals surface area contributed by atoms with Crippen molar-refractivity contribution in [2.45, 2.75) is 149 Å². The lowest BCUT2D eigenvalue weighted by Gasteiger charge is -2.16. The topological polar surface area (TPSA) is 121 Å². The molecule has 0 saturated heterocycles. The molecule has 0 aliphatic heterocycles. The number of aromatic nitrogens is 1. The zero-order chi connectivity index (χ0) is 48.1. The fraction of sp³-hybridized carbons (Fsp3) is 0.562. The van der Waals surface area contributed by atoms with E-state index >= 15 is 0 Å². The van der Waals surface area contributed by atoms with Crippen molar-refractivity contribution >= 4 is 42.0 Å². The zero-order valence-electron chi connectivity index (χ0n) is 40.5. The summed E-state index contributed by atoms with van der Waals surface area (Å²) in [7, 11) is 1.56. The Labute approximate surface area is 368 Å². The number of rotatable bonds is 14. The fourth-order valence-corrected chi connectivity index (χ4v) is 3.95. The van der Waals surface area contributed by atoms with Gasteiger partial charge >= 0.3 is 6.18 Å². The lowest BCUT2D eigenvalue weighted by molar-refractivity contribution is -0.138. The summed E-state index contributed by atoms with van der Waals surface area (Å²) in [4.78, 5) is 34.1. The summed E-state index contributed by atoms with van der Waals surface area (Å²) < 4.78 is 45.1. The number of alkyl halides is 3. The van der Waals surface area contributed by atoms with Crippen LogP contribution in [0.1, 0.15) is 162 Å². The van der Waals surface area contributed by atoms with Gasteiger partial charge in [-0.05, 0) is 102 Å². The van der Waals surface area contributed by atoms with Gasteiger partial charge in [-0.15, -0.1) is 0 Å². The molecule has 0 radical (unpaired) electrons. The van der Waals surface area contributed by atoms with Gasteiger partial charge in [0.15, 0.2) is 5.78 Å². The second-order valence-corrected chi connectivity index (χ2v) is 13.9. The summed E-state index contributed by atoms with van der Waals surface area (Å²) in [5.74, 6) is 0.887. The van der Waals surface area contributed by atoms with Gasteiger partial charge in [-0.25, -0.2) is 0 Å². The average Bonchev–Trinajstić information content (AvgIpc) is 3.21. The molecule has 1 amide bonds. The minimum atomic E-state index is -4.56. The number of hydrogen-bond acceptors (Lipinski definition) is 8. The van der Waals surface area contributed by atoms with Gasteiger partial charge in [-0.1, -0.05) is 111 Å². The first kappa shape index (κ1) is 67.6. The molecule has 0 aliphatic carbocycles. The Bertz CT molecular complexity index is 1450. The van der Waals surface area contributed by atoms with Crippen LogP contribution in [0.25, 0.3) is 5.57 Å². The molecule has 0 saturated carbocycles. The number of benzene rings is 1. The molecule has 0 unspecified atom stereocenters. The molecule has 1 aromatic heterocycles. The fourth-order valence-electron chi connectivity index (χ4n) is 3.95. The lowest BCUT2D eigenvalue weighted by Crippen LogP contribution is -2.11. The van der Waals surface area contributed by atoms with Gasteiger partial charge in [0.05, 0.1) is 24.1 Å². The highest BCUT2D eigenvalue weighted by atomic mass is 32.2. The Morgan fingerprint density at radius 2 is 1.48 bits per heavy atom. The Balaban J connectivity index is -0.000000166. The van der Waals surface area contributed by atoms with Crippen molar-refractivity contribution < 1.29 is 32.3 Å². The Morgan fingerprint density at radius 3 is 1.82 bits per heavy atom. The molecule has 0 spiro atoms. The van der Waals surface area contributed by atoms with Gasteiger partial charge in [-0.2, -0.15) is 24.9 Å². The number of nitrogens with one attached hydrogen (secondary N) is 3. The van der Waals surface area contributed by atoms with Gasteiger partial charge in [0, 0.05) is 37.4 Å². The van der Waals surface area contributed by atoms with E-state index in [2.05, 4.69) is 70.2 Å². The molecule has 2 aromatic rings. The smallest absolute Gasteiger partial charge is 0.418 e. The molecule has 0 aliphatic rings. The van der Waals surface area contributed by atoms with E-state index in [4.69, 9.17) is 14.9 Å². The molecule has 8 nitrogen and oxygen atoms in total. The number of carbonyl (C=O) groups excluding carboxylic acids is 3. The minimum Gasteiger partial charge on any atom is -0.492 e. The number of ketones is 1. The predicted octanol–water partition coefficient (Wildman–Crippen LogP) is 13.8. The van der Waals surface area contributed by atoms with Crippen molar-refractivity contribution in [3.05, 3.63) is 87.9 Å². The van der Waals surface area contributed by atoms with E-state index in [-0.39, 0.29) is 29.4 Å². The monoisotopic (exact) mass is 869 g/mol. The van der Waals surface area contributed by atoms with Crippen LogP contribution in [0, 0.1) is 11.3 Å². The molecule has 0 bridgehead atoms. The maximum atomic E-state index is 13.3. The van der Waals surface area contributed by atoms with Gasteiger partial charge < -0.3 is 25.6 Å². The van der Waals surface area contributed by atoms with Crippen LogP contribution in [-0.4, -0.2) is 55.8 Å². The number of carbonyl (C=O) groups is 3. The molecule has 0 fully saturated rings. The summed E-state index contributed by atoms with van der Waals surface area (Å²) in [6.45, 7) is 30.3. The first-order valence-corrected chi connectivity index (χ1v) is 22.4. The van der Waals surface area contributed by atoms with Crippen LogP contribution in [0.15, 0.2) is 60.0 Å². The van der Waals surface area contributed by atoms with Crippen molar-refractivity contribution in [1.29, 1.82) is 5.41 Å². The third kappa shape index (κ3) is 40.6. The third-order valence-corrected chi connectivity index (χ3v) is 6.31. The van der Waals surface area contributed by atoms with Crippen molar-refractivity contribution in [3.8, 4) is 5.75 Å². The Hall–Kier alpha value is -4.19. The number of Topliss-reactive ketones (excluding diaryl/α,β-unsaturated/α-hetero) is 1. The lowest BCUT2D eigenvalue weighted by atomic mass is 9.99. The minimum absolute atomic E-state index is 0.0719. The summed E-state index contributed by atoms with van der Waals surface area (Å²) in [6, 6.07) is 6.98. The van der Waals surface area contributed by atoms with Gasteiger partial charge in [0.2, 0.25) is 6.41 Å². The molecule has 0 atom stereocenters. The number of hydrogen-bond donors (Lipinski definition) is 3. The molecule has 1 aromatic carbocycles. The van der Waals surface area contributed by atoms with Crippen LogP contribution in [-0.2, 0) is 28.7 Å². The summed E-state index contributed by atoms with van der Waals surface area (Å²) >= 11 is 1.75. The van der Waals surface area contributed by atoms with Crippen molar-refractivity contribution in [3.63, 3.8) is 0 Å². The van der Waals surface area contributed by atoms with Gasteiger partial charge in [-0.3, -0.25) is 14.6 Å². The number of amides is 1. The van der Waals surface area contributed by atoms with E-state index in [0.29, 0.717) is 17.9 Å². The molecular formula is C48H83F3N4O4S. The van der Waals surface area contributed by atoms with Crippen LogP contribution in [0.2, 0.25) is 0 Å². The van der Waals surface area contributed by atoms with E-state index in [1.165, 1.54) is 24.6 Å². The van der Waals surface area contributed by atoms with E-state index in [9.17, 15) is 22.8 Å². The third-order valence-electron chi connectivity index (χ3n) is 6.31. The molecule has 3 N–H and O–H groups in total. The highest BCUT2D eigenvalue weighted by molar-refractivity contribution is 7.97. The van der Waals surface area contributed by atoms with Crippen LogP contribution in [0.3, 0.4) is 0 Å². The van der Waals surface area contributed by atoms with E-state index < -0.39 is 11.7 Å². The second-order valence-electron chi connectivity index (χ2n) is 13.1. The van der Waals surface area contributed by atoms with Crippen LogP contribution in [0.5, 0.6) is 5.75 Å². The maximum absolute atomic E-state index is 13.3. The van der Waals surface area contributed by atoms with Crippen LogP contribution >= 0.6 is 11.8 Å². The number of aryl methyl sites for hydroxylation is 1. The SMILES string of the molecule is CC.CC(C)CCC=O.CC=CNCc1ccc(C(C)=O)c(CC)c1.CCC.CCC.CCOc1cnc(/C(C=C(C)C)=C(/C)C=N)c(C(F)(F)F)c1.CNC=O.CSC. The van der Waals surface area contributed by atoms with Gasteiger partial charge in [0.25, 0.3) is 0 Å². The highest BCUT2D eigenvalue weighted by Crippen LogP contribution is 2.37. The number of ether oxygens (including phenoxy) is 1. The molecular weight excluding hydrogens is 786 g/mol. The maximum Gasteiger partial charge on any atom is 0.418 e. The number of thioether (sulfide) groups is 1. The number of allylic oxidation sites excluding steroid dienone is 5. The second kappa shape index (κ2) is 47.5. The number of pyridine rings is 1. The molecule has 12 heteroatoms. The van der Waals surface area contributed by atoms with Crippen LogP contribution in [0.4, 0.5) is 13.2 Å². The van der Waals surface area contributed by atoms with Crippen molar-refractivity contribution in [2.75, 3.05) is 26.2 Å². The average molecular weight is 869 g/mol. The predicted molar refractivity (Wildman–Crippen MR) is 257 cm³/mol. The number of aldehydes is 1. The Morgan fingerprint density at radius 1 is 0.967 bits per heavy atom. The Kier molecular flexibility index (Phi) is 53.5. The van der Waals surface area contributed by atoms with E-state index in [1.807, 2.05) is 57.7 Å². The summed E-state index contributed by atoms with van der Waals surface area (Å²) in [6.07, 6.45) is 14.0.